The van der Waals surface area contributed by atoms with Crippen molar-refractivity contribution in [1.29, 1.82) is 0 Å². The molecule has 0 bridgehead atoms. The van der Waals surface area contributed by atoms with E-state index in [0.717, 1.165) is 36.2 Å². The highest BCUT2D eigenvalue weighted by molar-refractivity contribution is 5.79. The third kappa shape index (κ3) is 3.04. The topological polar surface area (TPSA) is 46.4 Å². The van der Waals surface area contributed by atoms with E-state index in [1.165, 1.54) is 11.3 Å². The molecule has 2 atom stereocenters. The van der Waals surface area contributed by atoms with Gasteiger partial charge in [-0.2, -0.15) is 0 Å². The van der Waals surface area contributed by atoms with Gasteiger partial charge >= 0.3 is 0 Å². The van der Waals surface area contributed by atoms with Crippen LogP contribution >= 0.6 is 0 Å². The van der Waals surface area contributed by atoms with E-state index in [1.807, 2.05) is 25.1 Å². The Balaban J connectivity index is 1.52. The molecule has 25 heavy (non-hydrogen) atoms. The second-order valence-corrected chi connectivity index (χ2v) is 7.02. The van der Waals surface area contributed by atoms with Crippen LogP contribution in [0.4, 0.5) is 0 Å². The average molecular weight is 333 g/mol. The molecule has 3 aromatic rings. The maximum Gasteiger partial charge on any atom is 0.223 e. The van der Waals surface area contributed by atoms with Gasteiger partial charge in [-0.15, -0.1) is 0 Å². The fraction of sp³-hybridized carbons (Fsp3) is 0.333. The average Bonchev–Trinajstić information content (AvgIpc) is 2.99. The van der Waals surface area contributed by atoms with Crippen molar-refractivity contribution in [1.82, 2.24) is 14.7 Å². The molecule has 2 unspecified atom stereocenters. The number of nitrogens with zero attached hydrogens (tertiary/aromatic N) is 2. The number of rotatable bonds is 3. The van der Waals surface area contributed by atoms with E-state index in [-0.39, 0.29) is 17.9 Å². The lowest BCUT2D eigenvalue weighted by Crippen LogP contribution is -2.35. The number of aromatic nitrogens is 2. The summed E-state index contributed by atoms with van der Waals surface area (Å²) in [6, 6.07) is 14.3. The van der Waals surface area contributed by atoms with Gasteiger partial charge in [0.05, 0.1) is 11.7 Å². The van der Waals surface area contributed by atoms with Gasteiger partial charge in [0.1, 0.15) is 5.65 Å². The maximum absolute atomic E-state index is 12.8. The van der Waals surface area contributed by atoms with E-state index in [9.17, 15) is 4.79 Å². The Labute approximate surface area is 147 Å². The van der Waals surface area contributed by atoms with Crippen molar-refractivity contribution in [2.24, 2.45) is 5.92 Å². The van der Waals surface area contributed by atoms with E-state index in [4.69, 9.17) is 4.98 Å². The molecular weight excluding hydrogens is 310 g/mol. The van der Waals surface area contributed by atoms with E-state index >= 15 is 0 Å². The monoisotopic (exact) mass is 333 g/mol. The molecule has 1 N–H and O–H groups in total. The van der Waals surface area contributed by atoms with E-state index in [0.29, 0.717) is 0 Å². The third-order valence-electron chi connectivity index (χ3n) is 5.15. The van der Waals surface area contributed by atoms with Gasteiger partial charge < -0.3 is 9.72 Å². The number of benzene rings is 1. The van der Waals surface area contributed by atoms with Gasteiger partial charge in [-0.05, 0) is 43.9 Å². The summed E-state index contributed by atoms with van der Waals surface area (Å²) >= 11 is 0. The Morgan fingerprint density at radius 3 is 2.84 bits per heavy atom. The summed E-state index contributed by atoms with van der Waals surface area (Å²) in [6.07, 6.45) is 4.61. The number of aryl methyl sites for hydroxylation is 2. The molecule has 0 spiro atoms. The molecular formula is C21H23N3O. The van der Waals surface area contributed by atoms with Crippen LogP contribution in [0.1, 0.15) is 41.9 Å². The number of nitrogens with one attached hydrogen (secondary N) is 1. The van der Waals surface area contributed by atoms with Crippen LogP contribution in [0.2, 0.25) is 0 Å². The first kappa shape index (κ1) is 15.9. The Hall–Kier alpha value is -2.62. The molecule has 1 aliphatic carbocycles. The molecule has 0 radical (unpaired) electrons. The van der Waals surface area contributed by atoms with Crippen LogP contribution < -0.4 is 5.32 Å². The molecule has 1 amide bonds. The lowest BCUT2D eigenvalue weighted by Gasteiger charge is -2.23. The molecule has 0 saturated heterocycles. The lowest BCUT2D eigenvalue weighted by atomic mass is 9.88. The third-order valence-corrected chi connectivity index (χ3v) is 5.15. The van der Waals surface area contributed by atoms with E-state index < -0.39 is 0 Å². The lowest BCUT2D eigenvalue weighted by molar-refractivity contribution is -0.126. The number of amides is 1. The first-order valence-electron chi connectivity index (χ1n) is 8.93. The number of hydrogen-bond donors (Lipinski definition) is 1. The number of hydrogen-bond acceptors (Lipinski definition) is 2. The highest BCUT2D eigenvalue weighted by Crippen LogP contribution is 2.27. The predicted molar refractivity (Wildman–Crippen MR) is 98.4 cm³/mol. The Morgan fingerprint density at radius 1 is 1.24 bits per heavy atom. The van der Waals surface area contributed by atoms with Gasteiger partial charge in [0.15, 0.2) is 0 Å². The molecule has 4 heteroatoms. The first-order valence-corrected chi connectivity index (χ1v) is 8.93. The summed E-state index contributed by atoms with van der Waals surface area (Å²) < 4.78 is 2.16. The van der Waals surface area contributed by atoms with Gasteiger partial charge in [-0.3, -0.25) is 4.79 Å². The van der Waals surface area contributed by atoms with Crippen LogP contribution in [-0.4, -0.2) is 15.3 Å². The van der Waals surface area contributed by atoms with Crippen molar-refractivity contribution >= 4 is 11.6 Å². The fourth-order valence-electron chi connectivity index (χ4n) is 3.69. The molecule has 2 aromatic heterocycles. The minimum atomic E-state index is 0.0130. The molecule has 1 aliphatic rings. The minimum Gasteiger partial charge on any atom is -0.349 e. The van der Waals surface area contributed by atoms with Crippen LogP contribution in [0.3, 0.4) is 0 Å². The van der Waals surface area contributed by atoms with E-state index in [2.05, 4.69) is 47.1 Å². The minimum absolute atomic E-state index is 0.0130. The largest absolute Gasteiger partial charge is 0.349 e. The summed E-state index contributed by atoms with van der Waals surface area (Å²) in [5.74, 6) is 0.156. The van der Waals surface area contributed by atoms with Gasteiger partial charge in [-0.1, -0.05) is 36.4 Å². The zero-order valence-corrected chi connectivity index (χ0v) is 14.7. The van der Waals surface area contributed by atoms with Crippen LogP contribution in [0.15, 0.2) is 48.7 Å². The number of pyridine rings is 1. The van der Waals surface area contributed by atoms with Gasteiger partial charge in [-0.25, -0.2) is 4.98 Å². The normalized spacial score (nSPS) is 17.9. The standard InChI is InChI=1S/C21H23N3O/c1-14-8-11-20-23-18-10-9-17(12-19(18)24(20)13-14)21(25)22-15(2)16-6-4-3-5-7-16/h3-8,11,13,15,17H,9-10,12H2,1-2H3,(H,22,25). The van der Waals surface area contributed by atoms with Crippen LogP contribution in [-0.2, 0) is 17.6 Å². The zero-order valence-electron chi connectivity index (χ0n) is 14.7. The SMILES string of the molecule is Cc1ccc2nc3c(n2c1)CC(C(=O)NC(C)c1ccccc1)CC3. The second-order valence-electron chi connectivity index (χ2n) is 7.02. The number of fused-ring (bicyclic) bond motifs is 3. The van der Waals surface area contributed by atoms with E-state index in [1.54, 1.807) is 0 Å². The van der Waals surface area contributed by atoms with Gasteiger partial charge in [0.25, 0.3) is 0 Å². The number of imidazole rings is 1. The molecule has 4 rings (SSSR count). The van der Waals surface area contributed by atoms with Crippen LogP contribution in [0.5, 0.6) is 0 Å². The number of carbonyl (C=O) groups excluding carboxylic acids is 1. The molecule has 128 valence electrons. The van der Waals surface area contributed by atoms with Gasteiger partial charge in [0, 0.05) is 24.2 Å². The molecule has 0 fully saturated rings. The Bertz CT molecular complexity index is 914. The van der Waals surface area contributed by atoms with Crippen molar-refractivity contribution in [3.8, 4) is 0 Å². The highest BCUT2D eigenvalue weighted by atomic mass is 16.1. The van der Waals surface area contributed by atoms with Crippen molar-refractivity contribution in [2.45, 2.75) is 39.2 Å². The molecule has 4 nitrogen and oxygen atoms in total. The molecule has 1 aromatic carbocycles. The summed E-state index contributed by atoms with van der Waals surface area (Å²) in [6.45, 7) is 4.12. The first-order chi connectivity index (χ1) is 12.1. The van der Waals surface area contributed by atoms with Crippen molar-refractivity contribution in [2.75, 3.05) is 0 Å². The molecule has 0 saturated carbocycles. The van der Waals surface area contributed by atoms with Gasteiger partial charge in [0.2, 0.25) is 5.91 Å². The predicted octanol–water partition coefficient (Wildman–Crippen LogP) is 3.63. The summed E-state index contributed by atoms with van der Waals surface area (Å²) in [7, 11) is 0. The van der Waals surface area contributed by atoms with Crippen LogP contribution in [0.25, 0.3) is 5.65 Å². The molecule has 2 heterocycles. The fourth-order valence-corrected chi connectivity index (χ4v) is 3.69. The van der Waals surface area contributed by atoms with Crippen LogP contribution in [0, 0.1) is 12.8 Å². The highest BCUT2D eigenvalue weighted by Gasteiger charge is 2.28. The Kier molecular flexibility index (Phi) is 4.04. The zero-order chi connectivity index (χ0) is 17.4. The second kappa shape index (κ2) is 6.36. The summed E-state index contributed by atoms with van der Waals surface area (Å²) in [5.41, 5.74) is 5.66. The quantitative estimate of drug-likeness (QED) is 0.796. The Morgan fingerprint density at radius 2 is 2.04 bits per heavy atom. The molecule has 0 aliphatic heterocycles. The number of carbonyl (C=O) groups is 1. The van der Waals surface area contributed by atoms with Crippen molar-refractivity contribution < 1.29 is 4.79 Å². The smallest absolute Gasteiger partial charge is 0.223 e. The maximum atomic E-state index is 12.8. The van der Waals surface area contributed by atoms with Crippen molar-refractivity contribution in [3.05, 3.63) is 71.2 Å². The van der Waals surface area contributed by atoms with Crippen molar-refractivity contribution in [3.63, 3.8) is 0 Å². The summed E-state index contributed by atoms with van der Waals surface area (Å²) in [5, 5.41) is 3.18. The summed E-state index contributed by atoms with van der Waals surface area (Å²) in [4.78, 5) is 17.5.